The summed E-state index contributed by atoms with van der Waals surface area (Å²) in [6.45, 7) is 8.35. The Morgan fingerprint density at radius 3 is 2.70 bits per heavy atom. The lowest BCUT2D eigenvalue weighted by Gasteiger charge is -2.11. The first-order valence-corrected chi connectivity index (χ1v) is 7.27. The van der Waals surface area contributed by atoms with Crippen LogP contribution in [0.15, 0.2) is 53.1 Å². The maximum Gasteiger partial charge on any atom is 0.0668 e. The van der Waals surface area contributed by atoms with Gasteiger partial charge in [-0.1, -0.05) is 36.4 Å². The Morgan fingerprint density at radius 2 is 2.05 bits per heavy atom. The van der Waals surface area contributed by atoms with E-state index in [0.29, 0.717) is 0 Å². The van der Waals surface area contributed by atoms with Gasteiger partial charge in [0.05, 0.1) is 5.69 Å². The zero-order valence-electron chi connectivity index (χ0n) is 12.9. The number of hydrogen-bond acceptors (Lipinski definition) is 1. The van der Waals surface area contributed by atoms with E-state index in [-0.39, 0.29) is 0 Å². The highest BCUT2D eigenvalue weighted by atomic mass is 14.7. The van der Waals surface area contributed by atoms with Crippen molar-refractivity contribution >= 4 is 17.0 Å². The van der Waals surface area contributed by atoms with Crippen molar-refractivity contribution in [2.75, 3.05) is 0 Å². The smallest absolute Gasteiger partial charge is 0.0668 e. The highest BCUT2D eigenvalue weighted by Crippen LogP contribution is 2.29. The molecular formula is C19H23N. The van der Waals surface area contributed by atoms with E-state index in [9.17, 15) is 0 Å². The molecule has 1 heteroatoms. The lowest BCUT2D eigenvalue weighted by molar-refractivity contribution is 1.05. The third-order valence-corrected chi connectivity index (χ3v) is 3.89. The highest BCUT2D eigenvalue weighted by Gasteiger charge is 2.06. The maximum absolute atomic E-state index is 4.79. The quantitative estimate of drug-likeness (QED) is 0.614. The fourth-order valence-corrected chi connectivity index (χ4v) is 2.25. The number of hydrogen-bond donors (Lipinski definition) is 0. The normalized spacial score (nSPS) is 16.3. The summed E-state index contributed by atoms with van der Waals surface area (Å²) < 4.78 is 0. The molecule has 0 radical (unpaired) electrons. The Balaban J connectivity index is 2.39. The van der Waals surface area contributed by atoms with Crippen molar-refractivity contribution in [3.63, 3.8) is 0 Å². The van der Waals surface area contributed by atoms with Crippen molar-refractivity contribution in [2.24, 2.45) is 4.99 Å². The van der Waals surface area contributed by atoms with Gasteiger partial charge in [-0.15, -0.1) is 0 Å². The monoisotopic (exact) mass is 265 g/mol. The number of rotatable bonds is 3. The molecule has 2 rings (SSSR count). The van der Waals surface area contributed by atoms with Gasteiger partial charge in [0.25, 0.3) is 0 Å². The Morgan fingerprint density at radius 1 is 1.25 bits per heavy atom. The third-order valence-electron chi connectivity index (χ3n) is 3.89. The molecule has 1 aliphatic rings. The molecule has 1 aliphatic carbocycles. The molecule has 20 heavy (non-hydrogen) atoms. The van der Waals surface area contributed by atoms with E-state index in [2.05, 4.69) is 70.2 Å². The number of benzene rings is 1. The Bertz CT molecular complexity index is 613. The topological polar surface area (TPSA) is 12.4 Å². The second-order valence-corrected chi connectivity index (χ2v) is 5.33. The molecule has 0 unspecified atom stereocenters. The van der Waals surface area contributed by atoms with Crippen LogP contribution in [-0.2, 0) is 0 Å². The SMILES string of the molecule is C/C=C(/C)C(C)=Nc1cc(C2=CC=CCC2)ccc1C. The summed E-state index contributed by atoms with van der Waals surface area (Å²) in [5, 5.41) is 0. The molecular weight excluding hydrogens is 242 g/mol. The number of nitrogens with zero attached hydrogens (tertiary/aromatic N) is 1. The first kappa shape index (κ1) is 14.5. The molecule has 0 N–H and O–H groups in total. The van der Waals surface area contributed by atoms with Crippen LogP contribution in [0.25, 0.3) is 5.57 Å². The van der Waals surface area contributed by atoms with Crippen LogP contribution in [0.4, 0.5) is 5.69 Å². The summed E-state index contributed by atoms with van der Waals surface area (Å²) in [4.78, 5) is 4.79. The van der Waals surface area contributed by atoms with Gasteiger partial charge in [-0.3, -0.25) is 4.99 Å². The molecule has 0 spiro atoms. The molecule has 0 saturated carbocycles. The summed E-state index contributed by atoms with van der Waals surface area (Å²) in [5.41, 5.74) is 7.33. The first-order valence-electron chi connectivity index (χ1n) is 7.27. The van der Waals surface area contributed by atoms with Crippen molar-refractivity contribution in [1.29, 1.82) is 0 Å². The van der Waals surface area contributed by atoms with Gasteiger partial charge in [0.2, 0.25) is 0 Å². The van der Waals surface area contributed by atoms with Gasteiger partial charge >= 0.3 is 0 Å². The molecule has 0 amide bonds. The zero-order valence-corrected chi connectivity index (χ0v) is 12.9. The largest absolute Gasteiger partial charge is 0.253 e. The van der Waals surface area contributed by atoms with Crippen molar-refractivity contribution < 1.29 is 0 Å². The van der Waals surface area contributed by atoms with Gasteiger partial charge in [-0.05, 0) is 68.9 Å². The van der Waals surface area contributed by atoms with Gasteiger partial charge in [0.15, 0.2) is 0 Å². The molecule has 104 valence electrons. The van der Waals surface area contributed by atoms with Crippen LogP contribution in [0.2, 0.25) is 0 Å². The first-order chi connectivity index (χ1) is 9.61. The van der Waals surface area contributed by atoms with Crippen LogP contribution in [0.3, 0.4) is 0 Å². The molecule has 0 aromatic heterocycles. The lowest BCUT2D eigenvalue weighted by Crippen LogP contribution is -1.93. The predicted octanol–water partition coefficient (Wildman–Crippen LogP) is 5.79. The Hall–Kier alpha value is -1.89. The van der Waals surface area contributed by atoms with E-state index in [4.69, 9.17) is 4.99 Å². The van der Waals surface area contributed by atoms with Crippen LogP contribution >= 0.6 is 0 Å². The average Bonchev–Trinajstić information content (AvgIpc) is 2.49. The standard InChI is InChI=1S/C19H23N/c1-5-14(2)16(4)20-19-13-18(12-11-15(19)3)17-9-7-6-8-10-17/h5-7,9,11-13H,8,10H2,1-4H3/b14-5-,20-16?. The summed E-state index contributed by atoms with van der Waals surface area (Å²) >= 11 is 0. The molecule has 0 saturated heterocycles. The minimum atomic E-state index is 1.08. The van der Waals surface area contributed by atoms with Gasteiger partial charge < -0.3 is 0 Å². The fraction of sp³-hybridized carbons (Fsp3) is 0.316. The van der Waals surface area contributed by atoms with Gasteiger partial charge in [0, 0.05) is 5.71 Å². The molecule has 0 bridgehead atoms. The van der Waals surface area contributed by atoms with Crippen molar-refractivity contribution in [3.05, 3.63) is 59.2 Å². The summed E-state index contributed by atoms with van der Waals surface area (Å²) in [6, 6.07) is 6.59. The minimum absolute atomic E-state index is 1.08. The highest BCUT2D eigenvalue weighted by molar-refractivity contribution is 5.99. The van der Waals surface area contributed by atoms with E-state index >= 15 is 0 Å². The van der Waals surface area contributed by atoms with Crippen LogP contribution in [0.1, 0.15) is 44.7 Å². The lowest BCUT2D eigenvalue weighted by atomic mass is 9.96. The van der Waals surface area contributed by atoms with Crippen LogP contribution in [0, 0.1) is 6.92 Å². The summed E-state index contributed by atoms with van der Waals surface area (Å²) in [7, 11) is 0. The predicted molar refractivity (Wildman–Crippen MR) is 89.7 cm³/mol. The van der Waals surface area contributed by atoms with E-state index in [1.54, 1.807) is 0 Å². The minimum Gasteiger partial charge on any atom is -0.253 e. The molecule has 0 heterocycles. The molecule has 1 nitrogen and oxygen atoms in total. The average molecular weight is 265 g/mol. The summed E-state index contributed by atoms with van der Waals surface area (Å²) in [6.07, 6.45) is 10.9. The molecule has 1 aromatic carbocycles. The van der Waals surface area contributed by atoms with E-state index in [0.717, 1.165) is 24.2 Å². The zero-order chi connectivity index (χ0) is 14.5. The van der Waals surface area contributed by atoms with Crippen molar-refractivity contribution in [1.82, 2.24) is 0 Å². The second-order valence-electron chi connectivity index (χ2n) is 5.33. The van der Waals surface area contributed by atoms with Crippen LogP contribution in [0.5, 0.6) is 0 Å². The van der Waals surface area contributed by atoms with Crippen LogP contribution < -0.4 is 0 Å². The molecule has 1 aromatic rings. The maximum atomic E-state index is 4.79. The molecule has 0 atom stereocenters. The number of aryl methyl sites for hydroxylation is 1. The van der Waals surface area contributed by atoms with E-state index < -0.39 is 0 Å². The molecule has 0 fully saturated rings. The second kappa shape index (κ2) is 6.51. The number of allylic oxidation sites excluding steroid dienone is 6. The van der Waals surface area contributed by atoms with E-state index in [1.807, 2.05) is 0 Å². The van der Waals surface area contributed by atoms with Crippen LogP contribution in [-0.4, -0.2) is 5.71 Å². The number of aliphatic imine (C=N–C) groups is 1. The van der Waals surface area contributed by atoms with Gasteiger partial charge in [-0.25, -0.2) is 0 Å². The van der Waals surface area contributed by atoms with Gasteiger partial charge in [0.1, 0.15) is 0 Å². The molecule has 0 aliphatic heterocycles. The fourth-order valence-electron chi connectivity index (χ4n) is 2.25. The Kier molecular flexibility index (Phi) is 4.73. The summed E-state index contributed by atoms with van der Waals surface area (Å²) in [5.74, 6) is 0. The Labute approximate surface area is 122 Å². The van der Waals surface area contributed by atoms with Crippen molar-refractivity contribution in [2.45, 2.75) is 40.5 Å². The third kappa shape index (κ3) is 3.36. The van der Waals surface area contributed by atoms with Gasteiger partial charge in [-0.2, -0.15) is 0 Å². The van der Waals surface area contributed by atoms with E-state index in [1.165, 1.54) is 22.3 Å². The van der Waals surface area contributed by atoms with Crippen molar-refractivity contribution in [3.8, 4) is 0 Å².